The van der Waals surface area contributed by atoms with E-state index in [9.17, 15) is 0 Å². The molecule has 0 bridgehead atoms. The van der Waals surface area contributed by atoms with Crippen LogP contribution in [0.1, 0.15) is 24.8 Å². The van der Waals surface area contributed by atoms with Crippen LogP contribution in [0.4, 0.5) is 0 Å². The second kappa shape index (κ2) is 4.56. The van der Waals surface area contributed by atoms with Gasteiger partial charge in [-0.05, 0) is 49.3 Å². The zero-order valence-corrected chi connectivity index (χ0v) is 10.9. The van der Waals surface area contributed by atoms with Crippen LogP contribution in [-0.2, 0) is 11.2 Å². The molecule has 3 rings (SSSR count). The standard InChI is InChI=1S/C15H21NO2/c1-17-13-4-2-3-11(9-13)10-15(16)7-8-18-14(15)12-5-6-12/h2-4,9,12,14H,5-8,10,16H2,1H3. The summed E-state index contributed by atoms with van der Waals surface area (Å²) in [6, 6.07) is 8.20. The van der Waals surface area contributed by atoms with Crippen LogP contribution in [0.25, 0.3) is 0 Å². The Labute approximate surface area is 108 Å². The molecule has 1 aromatic rings. The lowest BCUT2D eigenvalue weighted by Crippen LogP contribution is -2.50. The monoisotopic (exact) mass is 247 g/mol. The van der Waals surface area contributed by atoms with Crippen molar-refractivity contribution in [3.05, 3.63) is 29.8 Å². The van der Waals surface area contributed by atoms with Gasteiger partial charge in [-0.3, -0.25) is 0 Å². The van der Waals surface area contributed by atoms with Gasteiger partial charge in [0.25, 0.3) is 0 Å². The molecule has 0 amide bonds. The molecule has 1 saturated heterocycles. The predicted molar refractivity (Wildman–Crippen MR) is 70.7 cm³/mol. The molecule has 2 aliphatic rings. The van der Waals surface area contributed by atoms with Crippen LogP contribution < -0.4 is 10.5 Å². The van der Waals surface area contributed by atoms with Crippen molar-refractivity contribution in [3.8, 4) is 5.75 Å². The maximum absolute atomic E-state index is 6.60. The van der Waals surface area contributed by atoms with E-state index in [2.05, 4.69) is 12.1 Å². The van der Waals surface area contributed by atoms with Gasteiger partial charge in [0.05, 0.1) is 13.2 Å². The SMILES string of the molecule is COc1cccc(CC2(N)CCOC2C2CC2)c1. The molecule has 1 aliphatic heterocycles. The fourth-order valence-electron chi connectivity index (χ4n) is 3.04. The van der Waals surface area contributed by atoms with E-state index >= 15 is 0 Å². The molecule has 1 aromatic carbocycles. The zero-order valence-electron chi connectivity index (χ0n) is 10.9. The average Bonchev–Trinajstić information content (AvgIpc) is 3.13. The summed E-state index contributed by atoms with van der Waals surface area (Å²) in [5.74, 6) is 1.60. The summed E-state index contributed by atoms with van der Waals surface area (Å²) in [5.41, 5.74) is 7.66. The molecule has 2 fully saturated rings. The van der Waals surface area contributed by atoms with Crippen molar-refractivity contribution in [2.45, 2.75) is 37.3 Å². The third-order valence-corrected chi connectivity index (χ3v) is 4.15. The van der Waals surface area contributed by atoms with E-state index in [1.807, 2.05) is 12.1 Å². The zero-order chi connectivity index (χ0) is 12.6. The van der Waals surface area contributed by atoms with Gasteiger partial charge in [-0.1, -0.05) is 12.1 Å². The number of hydrogen-bond acceptors (Lipinski definition) is 3. The first kappa shape index (κ1) is 12.0. The Morgan fingerprint density at radius 3 is 3.00 bits per heavy atom. The molecule has 2 atom stereocenters. The average molecular weight is 247 g/mol. The fraction of sp³-hybridized carbons (Fsp3) is 0.600. The van der Waals surface area contributed by atoms with E-state index in [1.165, 1.54) is 18.4 Å². The molecule has 1 saturated carbocycles. The number of hydrogen-bond donors (Lipinski definition) is 1. The van der Waals surface area contributed by atoms with Gasteiger partial charge >= 0.3 is 0 Å². The molecule has 1 heterocycles. The van der Waals surface area contributed by atoms with Crippen LogP contribution in [0.3, 0.4) is 0 Å². The summed E-state index contributed by atoms with van der Waals surface area (Å²) in [7, 11) is 1.70. The maximum atomic E-state index is 6.60. The van der Waals surface area contributed by atoms with Crippen LogP contribution in [-0.4, -0.2) is 25.4 Å². The second-order valence-corrected chi connectivity index (χ2v) is 5.64. The van der Waals surface area contributed by atoms with Gasteiger partial charge in [-0.2, -0.15) is 0 Å². The Balaban J connectivity index is 1.77. The van der Waals surface area contributed by atoms with Gasteiger partial charge in [0.15, 0.2) is 0 Å². The topological polar surface area (TPSA) is 44.5 Å². The van der Waals surface area contributed by atoms with E-state index in [4.69, 9.17) is 15.2 Å². The van der Waals surface area contributed by atoms with E-state index < -0.39 is 0 Å². The number of ether oxygens (including phenoxy) is 2. The summed E-state index contributed by atoms with van der Waals surface area (Å²) in [6.45, 7) is 0.807. The van der Waals surface area contributed by atoms with Crippen molar-refractivity contribution < 1.29 is 9.47 Å². The molecule has 1 aliphatic carbocycles. The van der Waals surface area contributed by atoms with Gasteiger partial charge < -0.3 is 15.2 Å². The van der Waals surface area contributed by atoms with Crippen LogP contribution >= 0.6 is 0 Å². The Kier molecular flexibility index (Phi) is 3.04. The van der Waals surface area contributed by atoms with Crippen LogP contribution in [0.15, 0.2) is 24.3 Å². The van der Waals surface area contributed by atoms with Crippen molar-refractivity contribution in [1.82, 2.24) is 0 Å². The van der Waals surface area contributed by atoms with E-state index in [0.717, 1.165) is 25.2 Å². The third kappa shape index (κ3) is 2.25. The van der Waals surface area contributed by atoms with Gasteiger partial charge in [-0.15, -0.1) is 0 Å². The summed E-state index contributed by atoms with van der Waals surface area (Å²) in [4.78, 5) is 0. The number of benzene rings is 1. The first-order chi connectivity index (χ1) is 8.71. The normalized spacial score (nSPS) is 31.6. The van der Waals surface area contributed by atoms with Crippen molar-refractivity contribution in [2.24, 2.45) is 11.7 Å². The van der Waals surface area contributed by atoms with E-state index in [-0.39, 0.29) is 11.6 Å². The fourth-order valence-corrected chi connectivity index (χ4v) is 3.04. The highest BCUT2D eigenvalue weighted by Crippen LogP contribution is 2.43. The van der Waals surface area contributed by atoms with Gasteiger partial charge in [0.2, 0.25) is 0 Å². The largest absolute Gasteiger partial charge is 0.497 e. The molecular formula is C15H21NO2. The minimum atomic E-state index is -0.187. The number of methoxy groups -OCH3 is 1. The molecule has 2 unspecified atom stereocenters. The number of nitrogens with two attached hydrogens (primary N) is 1. The Morgan fingerprint density at radius 2 is 2.28 bits per heavy atom. The Morgan fingerprint density at radius 1 is 1.44 bits per heavy atom. The van der Waals surface area contributed by atoms with Crippen LogP contribution in [0.2, 0.25) is 0 Å². The highest BCUT2D eigenvalue weighted by Gasteiger charge is 2.48. The van der Waals surface area contributed by atoms with Crippen LogP contribution in [0, 0.1) is 5.92 Å². The van der Waals surface area contributed by atoms with Gasteiger partial charge in [0, 0.05) is 12.1 Å². The van der Waals surface area contributed by atoms with E-state index in [0.29, 0.717) is 5.92 Å². The Bertz CT molecular complexity index is 430. The molecule has 3 nitrogen and oxygen atoms in total. The summed E-state index contributed by atoms with van der Waals surface area (Å²) in [5, 5.41) is 0. The molecule has 0 aromatic heterocycles. The highest BCUT2D eigenvalue weighted by molar-refractivity contribution is 5.30. The van der Waals surface area contributed by atoms with Gasteiger partial charge in [0.1, 0.15) is 5.75 Å². The van der Waals surface area contributed by atoms with Gasteiger partial charge in [-0.25, -0.2) is 0 Å². The molecule has 0 spiro atoms. The molecule has 18 heavy (non-hydrogen) atoms. The van der Waals surface area contributed by atoms with Crippen LogP contribution in [0.5, 0.6) is 5.75 Å². The van der Waals surface area contributed by atoms with Crippen molar-refractivity contribution in [2.75, 3.05) is 13.7 Å². The lowest BCUT2D eigenvalue weighted by atomic mass is 9.83. The summed E-state index contributed by atoms with van der Waals surface area (Å²) in [6.07, 6.45) is 4.66. The second-order valence-electron chi connectivity index (χ2n) is 5.64. The quantitative estimate of drug-likeness (QED) is 0.886. The minimum absolute atomic E-state index is 0.187. The lowest BCUT2D eigenvalue weighted by Gasteiger charge is -2.30. The maximum Gasteiger partial charge on any atom is 0.119 e. The molecule has 2 N–H and O–H groups in total. The molecule has 3 heteroatoms. The smallest absolute Gasteiger partial charge is 0.119 e. The molecule has 0 radical (unpaired) electrons. The van der Waals surface area contributed by atoms with Crippen molar-refractivity contribution in [3.63, 3.8) is 0 Å². The third-order valence-electron chi connectivity index (χ3n) is 4.15. The Hall–Kier alpha value is -1.06. The minimum Gasteiger partial charge on any atom is -0.497 e. The van der Waals surface area contributed by atoms with Crippen molar-refractivity contribution >= 4 is 0 Å². The summed E-state index contributed by atoms with van der Waals surface area (Å²) < 4.78 is 11.1. The van der Waals surface area contributed by atoms with E-state index in [1.54, 1.807) is 7.11 Å². The first-order valence-corrected chi connectivity index (χ1v) is 6.75. The first-order valence-electron chi connectivity index (χ1n) is 6.75. The lowest BCUT2D eigenvalue weighted by molar-refractivity contribution is 0.0626. The molecular weight excluding hydrogens is 226 g/mol. The summed E-state index contributed by atoms with van der Waals surface area (Å²) >= 11 is 0. The predicted octanol–water partition coefficient (Wildman–Crippen LogP) is 2.13. The van der Waals surface area contributed by atoms with Crippen molar-refractivity contribution in [1.29, 1.82) is 0 Å². The molecule has 98 valence electrons. The highest BCUT2D eigenvalue weighted by atomic mass is 16.5. The number of rotatable bonds is 4.